The standard InChI is InChI=1S/C15H23BrN2O3S/c1-12-11-15(13(2)10-14(12)16)22(19,20)17-4-3-5-18-6-8-21-9-7-18/h10-11,17H,3-9H2,1-2H3. The van der Waals surface area contributed by atoms with Crippen LogP contribution < -0.4 is 4.72 Å². The van der Waals surface area contributed by atoms with Gasteiger partial charge >= 0.3 is 0 Å². The number of sulfonamides is 1. The zero-order chi connectivity index (χ0) is 16.2. The van der Waals surface area contributed by atoms with Crippen LogP contribution in [0.1, 0.15) is 17.5 Å². The molecule has 0 aliphatic carbocycles. The van der Waals surface area contributed by atoms with E-state index in [-0.39, 0.29) is 0 Å². The van der Waals surface area contributed by atoms with Gasteiger partial charge in [0.25, 0.3) is 0 Å². The van der Waals surface area contributed by atoms with Crippen LogP contribution in [-0.2, 0) is 14.8 Å². The van der Waals surface area contributed by atoms with Gasteiger partial charge in [-0.2, -0.15) is 0 Å². The number of nitrogens with zero attached hydrogens (tertiary/aromatic N) is 1. The summed E-state index contributed by atoms with van der Waals surface area (Å²) in [6.45, 7) is 8.44. The van der Waals surface area contributed by atoms with Crippen LogP contribution in [0.5, 0.6) is 0 Å². The zero-order valence-electron chi connectivity index (χ0n) is 13.1. The van der Waals surface area contributed by atoms with Crippen LogP contribution >= 0.6 is 15.9 Å². The van der Waals surface area contributed by atoms with Crippen LogP contribution in [0.25, 0.3) is 0 Å². The van der Waals surface area contributed by atoms with Gasteiger partial charge in [-0.15, -0.1) is 0 Å². The van der Waals surface area contributed by atoms with Crippen LogP contribution in [-0.4, -0.2) is 52.7 Å². The van der Waals surface area contributed by atoms with Crippen molar-refractivity contribution in [3.05, 3.63) is 27.7 Å². The van der Waals surface area contributed by atoms with Gasteiger partial charge in [0.2, 0.25) is 10.0 Å². The highest BCUT2D eigenvalue weighted by molar-refractivity contribution is 9.10. The summed E-state index contributed by atoms with van der Waals surface area (Å²) >= 11 is 3.42. The number of aryl methyl sites for hydroxylation is 2. The molecule has 1 N–H and O–H groups in total. The Labute approximate surface area is 141 Å². The second kappa shape index (κ2) is 7.88. The van der Waals surface area contributed by atoms with E-state index in [0.29, 0.717) is 11.4 Å². The fourth-order valence-corrected chi connectivity index (χ4v) is 4.30. The SMILES string of the molecule is Cc1cc(S(=O)(=O)NCCCN2CCOCC2)c(C)cc1Br. The summed E-state index contributed by atoms with van der Waals surface area (Å²) in [6.07, 6.45) is 0.799. The first-order chi connectivity index (χ1) is 10.4. The van der Waals surface area contributed by atoms with Gasteiger partial charge < -0.3 is 4.74 Å². The van der Waals surface area contributed by atoms with E-state index in [1.807, 2.05) is 19.9 Å². The van der Waals surface area contributed by atoms with Gasteiger partial charge in [0.05, 0.1) is 18.1 Å². The second-order valence-electron chi connectivity index (χ2n) is 5.57. The summed E-state index contributed by atoms with van der Waals surface area (Å²) in [7, 11) is -3.45. The molecule has 0 radical (unpaired) electrons. The molecule has 22 heavy (non-hydrogen) atoms. The summed E-state index contributed by atoms with van der Waals surface area (Å²) in [6, 6.07) is 3.56. The summed E-state index contributed by atoms with van der Waals surface area (Å²) in [4.78, 5) is 2.66. The van der Waals surface area contributed by atoms with Crippen molar-refractivity contribution in [1.29, 1.82) is 0 Å². The molecule has 1 aliphatic heterocycles. The Morgan fingerprint density at radius 1 is 1.23 bits per heavy atom. The minimum absolute atomic E-state index is 0.361. The van der Waals surface area contributed by atoms with Gasteiger partial charge in [0, 0.05) is 24.1 Å². The molecule has 1 heterocycles. The van der Waals surface area contributed by atoms with E-state index >= 15 is 0 Å². The van der Waals surface area contributed by atoms with Gasteiger partial charge in [-0.25, -0.2) is 13.1 Å². The van der Waals surface area contributed by atoms with Crippen molar-refractivity contribution in [2.75, 3.05) is 39.4 Å². The van der Waals surface area contributed by atoms with Crippen molar-refractivity contribution >= 4 is 26.0 Å². The Balaban J connectivity index is 1.89. The molecule has 1 fully saturated rings. The normalized spacial score (nSPS) is 16.9. The lowest BCUT2D eigenvalue weighted by Crippen LogP contribution is -2.38. The first-order valence-corrected chi connectivity index (χ1v) is 9.74. The lowest BCUT2D eigenvalue weighted by molar-refractivity contribution is 0.0376. The van der Waals surface area contributed by atoms with Crippen LogP contribution in [0.15, 0.2) is 21.5 Å². The predicted molar refractivity (Wildman–Crippen MR) is 90.7 cm³/mol. The number of rotatable bonds is 6. The number of hydrogen-bond donors (Lipinski definition) is 1. The molecule has 0 atom stereocenters. The van der Waals surface area contributed by atoms with E-state index in [0.717, 1.165) is 54.9 Å². The number of morpholine rings is 1. The summed E-state index contributed by atoms with van der Waals surface area (Å²) in [5.41, 5.74) is 1.66. The Bertz CT molecular complexity index is 613. The van der Waals surface area contributed by atoms with Gasteiger partial charge in [0.15, 0.2) is 0 Å². The highest BCUT2D eigenvalue weighted by Gasteiger charge is 2.18. The van der Waals surface area contributed by atoms with Crippen molar-refractivity contribution in [1.82, 2.24) is 9.62 Å². The molecule has 0 spiro atoms. The predicted octanol–water partition coefficient (Wildman–Crippen LogP) is 2.07. The van der Waals surface area contributed by atoms with Crippen LogP contribution in [0, 0.1) is 13.8 Å². The Morgan fingerprint density at radius 3 is 2.59 bits per heavy atom. The zero-order valence-corrected chi connectivity index (χ0v) is 15.5. The molecule has 1 aromatic rings. The monoisotopic (exact) mass is 390 g/mol. The first kappa shape index (κ1) is 17.9. The maximum absolute atomic E-state index is 12.4. The summed E-state index contributed by atoms with van der Waals surface area (Å²) in [5, 5.41) is 0. The summed E-state index contributed by atoms with van der Waals surface area (Å²) in [5.74, 6) is 0. The third-order valence-electron chi connectivity index (χ3n) is 3.79. The Hall–Kier alpha value is -0.470. The number of nitrogens with one attached hydrogen (secondary N) is 1. The van der Waals surface area contributed by atoms with Crippen LogP contribution in [0.2, 0.25) is 0 Å². The lowest BCUT2D eigenvalue weighted by Gasteiger charge is -2.26. The number of hydrogen-bond acceptors (Lipinski definition) is 4. The molecule has 1 saturated heterocycles. The van der Waals surface area contributed by atoms with Crippen molar-refractivity contribution in [3.8, 4) is 0 Å². The first-order valence-electron chi connectivity index (χ1n) is 7.46. The fraction of sp³-hybridized carbons (Fsp3) is 0.600. The Morgan fingerprint density at radius 2 is 1.91 bits per heavy atom. The molecule has 7 heteroatoms. The van der Waals surface area contributed by atoms with Crippen molar-refractivity contribution in [2.45, 2.75) is 25.2 Å². The minimum atomic E-state index is -3.45. The average Bonchev–Trinajstić information content (AvgIpc) is 2.48. The molecule has 1 aliphatic rings. The third-order valence-corrected chi connectivity index (χ3v) is 6.25. The smallest absolute Gasteiger partial charge is 0.240 e. The van der Waals surface area contributed by atoms with Crippen molar-refractivity contribution in [2.24, 2.45) is 0 Å². The second-order valence-corrected chi connectivity index (χ2v) is 8.16. The molecule has 124 valence electrons. The van der Waals surface area contributed by atoms with E-state index in [4.69, 9.17) is 4.74 Å². The minimum Gasteiger partial charge on any atom is -0.379 e. The summed E-state index contributed by atoms with van der Waals surface area (Å²) < 4.78 is 33.7. The Kier molecular flexibility index (Phi) is 6.40. The van der Waals surface area contributed by atoms with Crippen molar-refractivity contribution in [3.63, 3.8) is 0 Å². The van der Waals surface area contributed by atoms with Gasteiger partial charge in [-0.05, 0) is 50.1 Å². The van der Waals surface area contributed by atoms with Crippen molar-refractivity contribution < 1.29 is 13.2 Å². The molecule has 0 amide bonds. The maximum Gasteiger partial charge on any atom is 0.240 e. The molecular weight excluding hydrogens is 368 g/mol. The van der Waals surface area contributed by atoms with E-state index in [9.17, 15) is 8.42 Å². The van der Waals surface area contributed by atoms with E-state index in [2.05, 4.69) is 25.6 Å². The molecule has 5 nitrogen and oxygen atoms in total. The fourth-order valence-electron chi connectivity index (χ4n) is 2.46. The highest BCUT2D eigenvalue weighted by Crippen LogP contribution is 2.24. The number of halogens is 1. The van der Waals surface area contributed by atoms with Gasteiger partial charge in [-0.1, -0.05) is 15.9 Å². The van der Waals surface area contributed by atoms with Gasteiger partial charge in [0.1, 0.15) is 0 Å². The van der Waals surface area contributed by atoms with Crippen LogP contribution in [0.3, 0.4) is 0 Å². The number of benzene rings is 1. The molecule has 2 rings (SSSR count). The quantitative estimate of drug-likeness (QED) is 0.755. The average molecular weight is 391 g/mol. The molecule has 0 bridgehead atoms. The number of ether oxygens (including phenoxy) is 1. The lowest BCUT2D eigenvalue weighted by atomic mass is 10.2. The molecule has 0 unspecified atom stereocenters. The molecular formula is C15H23BrN2O3S. The maximum atomic E-state index is 12.4. The highest BCUT2D eigenvalue weighted by atomic mass is 79.9. The van der Waals surface area contributed by atoms with E-state index in [1.54, 1.807) is 6.07 Å². The molecule has 0 aromatic heterocycles. The van der Waals surface area contributed by atoms with Gasteiger partial charge in [-0.3, -0.25) is 4.90 Å². The molecule has 0 saturated carbocycles. The van der Waals surface area contributed by atoms with E-state index in [1.165, 1.54) is 0 Å². The topological polar surface area (TPSA) is 58.6 Å². The third kappa shape index (κ3) is 4.76. The van der Waals surface area contributed by atoms with Crippen LogP contribution in [0.4, 0.5) is 0 Å². The van der Waals surface area contributed by atoms with E-state index < -0.39 is 10.0 Å². The molecule has 1 aromatic carbocycles. The largest absolute Gasteiger partial charge is 0.379 e.